The first kappa shape index (κ1) is 17.7. The Balaban J connectivity index is 1.49. The van der Waals surface area contributed by atoms with Crippen molar-refractivity contribution in [1.29, 1.82) is 0 Å². The van der Waals surface area contributed by atoms with Gasteiger partial charge >= 0.3 is 0 Å². The smallest absolute Gasteiger partial charge is 0.134 e. The molecule has 3 rings (SSSR count). The minimum Gasteiger partial charge on any atom is -0.488 e. The van der Waals surface area contributed by atoms with Gasteiger partial charge in [-0.3, -0.25) is 0 Å². The lowest BCUT2D eigenvalue weighted by atomic mass is 10.2. The highest BCUT2D eigenvalue weighted by Gasteiger charge is 2.14. The Labute approximate surface area is 156 Å². The molecule has 1 atom stereocenters. The zero-order valence-corrected chi connectivity index (χ0v) is 15.8. The van der Waals surface area contributed by atoms with Crippen LogP contribution >= 0.6 is 27.5 Å². The van der Waals surface area contributed by atoms with Gasteiger partial charge in [-0.2, -0.15) is 0 Å². The Bertz CT molecular complexity index is 657. The minimum absolute atomic E-state index is 0.371. The Kier molecular flexibility index (Phi) is 6.55. The van der Waals surface area contributed by atoms with Gasteiger partial charge in [-0.1, -0.05) is 29.8 Å². The largest absolute Gasteiger partial charge is 0.488 e. The van der Waals surface area contributed by atoms with E-state index in [1.165, 1.54) is 12.0 Å². The maximum absolute atomic E-state index is 5.89. The highest BCUT2D eigenvalue weighted by Crippen LogP contribution is 2.27. The Morgan fingerprint density at radius 1 is 1.17 bits per heavy atom. The molecule has 0 radical (unpaired) electrons. The molecule has 2 aromatic rings. The summed E-state index contributed by atoms with van der Waals surface area (Å²) in [6.45, 7) is 3.16. The number of rotatable bonds is 7. The highest BCUT2D eigenvalue weighted by atomic mass is 79.9. The van der Waals surface area contributed by atoms with Gasteiger partial charge in [0.15, 0.2) is 0 Å². The summed E-state index contributed by atoms with van der Waals surface area (Å²) in [5, 5.41) is 4.19. The van der Waals surface area contributed by atoms with Gasteiger partial charge in [-0.05, 0) is 64.2 Å². The molecule has 3 nitrogen and oxygen atoms in total. The van der Waals surface area contributed by atoms with Crippen LogP contribution in [-0.2, 0) is 17.9 Å². The standard InChI is InChI=1S/C19H21BrClNO2/c20-18-10-15(11-22-12-17-2-1-9-23-17)5-8-19(18)24-13-14-3-6-16(21)7-4-14/h3-8,10,17,22H,1-2,9,11-13H2. The summed E-state index contributed by atoms with van der Waals surface area (Å²) >= 11 is 9.48. The highest BCUT2D eigenvalue weighted by molar-refractivity contribution is 9.10. The second-order valence-corrected chi connectivity index (χ2v) is 7.24. The van der Waals surface area contributed by atoms with Crippen molar-refractivity contribution >= 4 is 27.5 Å². The average Bonchev–Trinajstić information content (AvgIpc) is 3.09. The Morgan fingerprint density at radius 2 is 1.96 bits per heavy atom. The van der Waals surface area contributed by atoms with Crippen LogP contribution < -0.4 is 10.1 Å². The van der Waals surface area contributed by atoms with Crippen molar-refractivity contribution in [2.75, 3.05) is 13.2 Å². The number of nitrogens with one attached hydrogen (secondary N) is 1. The number of halogens is 2. The molecule has 0 bridgehead atoms. The van der Waals surface area contributed by atoms with Crippen LogP contribution in [0.15, 0.2) is 46.9 Å². The SMILES string of the molecule is Clc1ccc(COc2ccc(CNCC3CCCO3)cc2Br)cc1. The maximum atomic E-state index is 5.89. The predicted octanol–water partition coefficient (Wildman–Crippen LogP) is 4.95. The first-order valence-corrected chi connectivity index (χ1v) is 9.36. The fraction of sp³-hybridized carbons (Fsp3) is 0.368. The van der Waals surface area contributed by atoms with Crippen molar-refractivity contribution in [2.24, 2.45) is 0 Å². The van der Waals surface area contributed by atoms with Gasteiger partial charge in [-0.25, -0.2) is 0 Å². The van der Waals surface area contributed by atoms with E-state index in [4.69, 9.17) is 21.1 Å². The van der Waals surface area contributed by atoms with Gasteiger partial charge in [-0.15, -0.1) is 0 Å². The summed E-state index contributed by atoms with van der Waals surface area (Å²) in [4.78, 5) is 0. The summed E-state index contributed by atoms with van der Waals surface area (Å²) in [5.74, 6) is 0.841. The van der Waals surface area contributed by atoms with Crippen LogP contribution in [0.2, 0.25) is 5.02 Å². The van der Waals surface area contributed by atoms with Gasteiger partial charge in [0.25, 0.3) is 0 Å². The maximum Gasteiger partial charge on any atom is 0.134 e. The van der Waals surface area contributed by atoms with Crippen LogP contribution in [0.4, 0.5) is 0 Å². The van der Waals surface area contributed by atoms with Crippen LogP contribution in [0.3, 0.4) is 0 Å². The second kappa shape index (κ2) is 8.86. The van der Waals surface area contributed by atoms with Crippen molar-refractivity contribution < 1.29 is 9.47 Å². The van der Waals surface area contributed by atoms with Gasteiger partial charge in [0.2, 0.25) is 0 Å². The van der Waals surface area contributed by atoms with E-state index in [-0.39, 0.29) is 0 Å². The van der Waals surface area contributed by atoms with E-state index in [1.807, 2.05) is 30.3 Å². The third-order valence-corrected chi connectivity index (χ3v) is 4.90. The van der Waals surface area contributed by atoms with Gasteiger partial charge < -0.3 is 14.8 Å². The zero-order chi connectivity index (χ0) is 16.8. The molecule has 0 saturated carbocycles. The van der Waals surface area contributed by atoms with Crippen LogP contribution in [0, 0.1) is 0 Å². The van der Waals surface area contributed by atoms with Crippen LogP contribution in [0.1, 0.15) is 24.0 Å². The Morgan fingerprint density at radius 3 is 2.67 bits per heavy atom. The van der Waals surface area contributed by atoms with E-state index in [0.717, 1.165) is 46.9 Å². The summed E-state index contributed by atoms with van der Waals surface area (Å²) in [7, 11) is 0. The van der Waals surface area contributed by atoms with E-state index >= 15 is 0 Å². The zero-order valence-electron chi connectivity index (χ0n) is 13.4. The topological polar surface area (TPSA) is 30.5 Å². The molecule has 0 spiro atoms. The third-order valence-electron chi connectivity index (χ3n) is 4.03. The molecular formula is C19H21BrClNO2. The number of hydrogen-bond acceptors (Lipinski definition) is 3. The average molecular weight is 411 g/mol. The normalized spacial score (nSPS) is 17.2. The van der Waals surface area contributed by atoms with Gasteiger partial charge in [0.05, 0.1) is 10.6 Å². The fourth-order valence-electron chi connectivity index (χ4n) is 2.70. The summed E-state index contributed by atoms with van der Waals surface area (Å²) in [6.07, 6.45) is 2.71. The molecule has 1 unspecified atom stereocenters. The first-order chi connectivity index (χ1) is 11.7. The molecule has 128 valence electrons. The van der Waals surface area contributed by atoms with Crippen molar-refractivity contribution in [3.63, 3.8) is 0 Å². The van der Waals surface area contributed by atoms with Crippen molar-refractivity contribution in [3.05, 3.63) is 63.1 Å². The number of ether oxygens (including phenoxy) is 2. The molecule has 1 heterocycles. The molecule has 1 N–H and O–H groups in total. The first-order valence-electron chi connectivity index (χ1n) is 8.19. The predicted molar refractivity (Wildman–Crippen MR) is 101 cm³/mol. The van der Waals surface area contributed by atoms with Crippen molar-refractivity contribution in [2.45, 2.75) is 32.1 Å². The number of benzene rings is 2. The fourth-order valence-corrected chi connectivity index (χ4v) is 3.36. The third kappa shape index (κ3) is 5.21. The minimum atomic E-state index is 0.371. The summed E-state index contributed by atoms with van der Waals surface area (Å²) in [5.41, 5.74) is 2.31. The lowest BCUT2D eigenvalue weighted by molar-refractivity contribution is 0.110. The van der Waals surface area contributed by atoms with E-state index in [1.54, 1.807) is 0 Å². The molecule has 1 saturated heterocycles. The van der Waals surface area contributed by atoms with E-state index in [2.05, 4.69) is 33.4 Å². The lowest BCUT2D eigenvalue weighted by Gasteiger charge is -2.12. The molecule has 24 heavy (non-hydrogen) atoms. The molecule has 2 aromatic carbocycles. The quantitative estimate of drug-likeness (QED) is 0.700. The summed E-state index contributed by atoms with van der Waals surface area (Å²) < 4.78 is 12.5. The molecule has 1 aliphatic heterocycles. The molecule has 5 heteroatoms. The molecular weight excluding hydrogens is 390 g/mol. The molecule has 0 aromatic heterocycles. The monoisotopic (exact) mass is 409 g/mol. The van der Waals surface area contributed by atoms with E-state index < -0.39 is 0 Å². The van der Waals surface area contributed by atoms with Crippen LogP contribution in [0.5, 0.6) is 5.75 Å². The van der Waals surface area contributed by atoms with Crippen molar-refractivity contribution in [1.82, 2.24) is 5.32 Å². The molecule has 1 fully saturated rings. The van der Waals surface area contributed by atoms with E-state index in [9.17, 15) is 0 Å². The lowest BCUT2D eigenvalue weighted by Crippen LogP contribution is -2.25. The number of hydrogen-bond donors (Lipinski definition) is 1. The van der Waals surface area contributed by atoms with Gasteiger partial charge in [0.1, 0.15) is 12.4 Å². The van der Waals surface area contributed by atoms with E-state index in [0.29, 0.717) is 12.7 Å². The van der Waals surface area contributed by atoms with Gasteiger partial charge in [0, 0.05) is 24.7 Å². The second-order valence-electron chi connectivity index (χ2n) is 5.95. The van der Waals surface area contributed by atoms with Crippen LogP contribution in [0.25, 0.3) is 0 Å². The summed E-state index contributed by atoms with van der Waals surface area (Å²) in [6, 6.07) is 13.9. The molecule has 0 aliphatic carbocycles. The molecule has 0 amide bonds. The van der Waals surface area contributed by atoms with Crippen LogP contribution in [-0.4, -0.2) is 19.3 Å². The van der Waals surface area contributed by atoms with Crippen molar-refractivity contribution in [3.8, 4) is 5.75 Å². The molecule has 1 aliphatic rings. The Hall–Kier alpha value is -1.07.